The van der Waals surface area contributed by atoms with Gasteiger partial charge in [-0.3, -0.25) is 10.1 Å². The number of rotatable bonds is 1. The van der Waals surface area contributed by atoms with Crippen molar-refractivity contribution in [2.24, 2.45) is 9.98 Å². The first-order valence-corrected chi connectivity index (χ1v) is 5.87. The Labute approximate surface area is 109 Å². The molecular weight excluding hydrogens is 244 g/mol. The van der Waals surface area contributed by atoms with Crippen molar-refractivity contribution in [2.45, 2.75) is 6.42 Å². The second kappa shape index (κ2) is 4.01. The number of benzene rings is 1. The molecule has 2 heterocycles. The van der Waals surface area contributed by atoms with Gasteiger partial charge in [-0.1, -0.05) is 0 Å². The van der Waals surface area contributed by atoms with Gasteiger partial charge in [-0.05, 0) is 23.8 Å². The Morgan fingerprint density at radius 3 is 2.74 bits per heavy atom. The second-order valence-corrected chi connectivity index (χ2v) is 4.66. The van der Waals surface area contributed by atoms with E-state index < -0.39 is 11.9 Å². The summed E-state index contributed by atoms with van der Waals surface area (Å²) in [4.78, 5) is 33.0. The summed E-state index contributed by atoms with van der Waals surface area (Å²) < 4.78 is 0. The molecule has 0 saturated heterocycles. The number of aliphatic imine (C=N–C) groups is 2. The van der Waals surface area contributed by atoms with E-state index in [-0.39, 0.29) is 5.71 Å². The van der Waals surface area contributed by atoms with E-state index in [0.717, 1.165) is 16.9 Å². The van der Waals surface area contributed by atoms with Crippen molar-refractivity contribution < 1.29 is 9.59 Å². The van der Waals surface area contributed by atoms with Crippen LogP contribution in [0, 0.1) is 0 Å². The summed E-state index contributed by atoms with van der Waals surface area (Å²) in [6.45, 7) is 0. The molecule has 19 heavy (non-hydrogen) atoms. The van der Waals surface area contributed by atoms with Crippen LogP contribution in [0.1, 0.15) is 5.56 Å². The quantitative estimate of drug-likeness (QED) is 0.816. The van der Waals surface area contributed by atoms with Crippen molar-refractivity contribution >= 4 is 34.7 Å². The lowest BCUT2D eigenvalue weighted by atomic mass is 9.97. The minimum Gasteiger partial charge on any atom is -0.378 e. The molecule has 2 aliphatic heterocycles. The molecule has 1 aromatic carbocycles. The minimum atomic E-state index is -0.619. The Morgan fingerprint density at radius 1 is 1.21 bits per heavy atom. The minimum absolute atomic E-state index is 0.240. The summed E-state index contributed by atoms with van der Waals surface area (Å²) in [6, 6.07) is 5.19. The predicted molar refractivity (Wildman–Crippen MR) is 72.5 cm³/mol. The van der Waals surface area contributed by atoms with Crippen molar-refractivity contribution in [3.05, 3.63) is 23.8 Å². The van der Waals surface area contributed by atoms with E-state index in [0.29, 0.717) is 12.1 Å². The number of anilines is 1. The van der Waals surface area contributed by atoms with Crippen LogP contribution in [-0.4, -0.2) is 37.5 Å². The molecule has 0 bridgehead atoms. The molecule has 0 aliphatic carbocycles. The SMILES string of the molecule is CN(C)c1ccc2c(c1)CC1=NC(=O)NC(=O)C1=N2. The van der Waals surface area contributed by atoms with E-state index >= 15 is 0 Å². The molecule has 3 amide bonds. The molecule has 6 nitrogen and oxygen atoms in total. The lowest BCUT2D eigenvalue weighted by Crippen LogP contribution is -2.45. The van der Waals surface area contributed by atoms with E-state index in [1.54, 1.807) is 0 Å². The molecule has 1 aromatic rings. The summed E-state index contributed by atoms with van der Waals surface area (Å²) >= 11 is 0. The molecule has 0 atom stereocenters. The Bertz CT molecular complexity index is 659. The molecule has 0 fully saturated rings. The van der Waals surface area contributed by atoms with E-state index in [2.05, 4.69) is 15.3 Å². The average molecular weight is 256 g/mol. The first-order valence-electron chi connectivity index (χ1n) is 5.87. The van der Waals surface area contributed by atoms with Crippen LogP contribution >= 0.6 is 0 Å². The Morgan fingerprint density at radius 2 is 2.00 bits per heavy atom. The van der Waals surface area contributed by atoms with Crippen LogP contribution in [0.2, 0.25) is 0 Å². The molecule has 0 radical (unpaired) electrons. The van der Waals surface area contributed by atoms with E-state index in [9.17, 15) is 9.59 Å². The highest BCUT2D eigenvalue weighted by molar-refractivity contribution is 6.70. The molecule has 0 unspecified atom stereocenters. The monoisotopic (exact) mass is 256 g/mol. The molecule has 0 spiro atoms. The maximum atomic E-state index is 11.7. The lowest BCUT2D eigenvalue weighted by molar-refractivity contribution is -0.113. The van der Waals surface area contributed by atoms with Crippen molar-refractivity contribution in [2.75, 3.05) is 19.0 Å². The Balaban J connectivity index is 2.11. The van der Waals surface area contributed by atoms with E-state index in [1.165, 1.54) is 0 Å². The number of amides is 3. The summed E-state index contributed by atoms with van der Waals surface area (Å²) in [5.41, 5.74) is 3.45. The van der Waals surface area contributed by atoms with Gasteiger partial charge >= 0.3 is 6.03 Å². The van der Waals surface area contributed by atoms with Gasteiger partial charge < -0.3 is 4.90 Å². The maximum absolute atomic E-state index is 11.7. The summed E-state index contributed by atoms with van der Waals surface area (Å²) in [7, 11) is 3.91. The van der Waals surface area contributed by atoms with Gasteiger partial charge in [-0.25, -0.2) is 9.79 Å². The lowest BCUT2D eigenvalue weighted by Gasteiger charge is -2.21. The highest BCUT2D eigenvalue weighted by atomic mass is 16.2. The Hall–Kier alpha value is -2.50. The van der Waals surface area contributed by atoms with Crippen LogP contribution in [0.5, 0.6) is 0 Å². The molecular formula is C13H12N4O2. The molecule has 96 valence electrons. The van der Waals surface area contributed by atoms with Crippen molar-refractivity contribution in [1.29, 1.82) is 0 Å². The third-order valence-electron chi connectivity index (χ3n) is 3.12. The fraction of sp³-hybridized carbons (Fsp3) is 0.231. The number of urea groups is 1. The zero-order valence-electron chi connectivity index (χ0n) is 10.6. The first kappa shape index (κ1) is 11.6. The van der Waals surface area contributed by atoms with Gasteiger partial charge in [0.25, 0.3) is 5.91 Å². The smallest absolute Gasteiger partial charge is 0.348 e. The number of carbonyl (C=O) groups excluding carboxylic acids is 2. The van der Waals surface area contributed by atoms with Crippen LogP contribution in [0.3, 0.4) is 0 Å². The molecule has 3 rings (SSSR count). The maximum Gasteiger partial charge on any atom is 0.348 e. The van der Waals surface area contributed by atoms with Gasteiger partial charge in [0, 0.05) is 26.2 Å². The van der Waals surface area contributed by atoms with Gasteiger partial charge in [-0.2, -0.15) is 4.99 Å². The predicted octanol–water partition coefficient (Wildman–Crippen LogP) is 1.07. The number of hydrogen-bond donors (Lipinski definition) is 1. The van der Waals surface area contributed by atoms with E-state index in [1.807, 2.05) is 37.2 Å². The van der Waals surface area contributed by atoms with Crippen LogP contribution in [-0.2, 0) is 11.2 Å². The Kier molecular flexibility index (Phi) is 2.45. The highest BCUT2D eigenvalue weighted by Crippen LogP contribution is 2.29. The summed E-state index contributed by atoms with van der Waals surface area (Å²) in [6.07, 6.45) is 0.453. The number of nitrogens with one attached hydrogen (secondary N) is 1. The molecule has 6 heteroatoms. The standard InChI is InChI=1S/C13H12N4O2/c1-17(2)8-3-4-9-7(5-8)6-10-11(14-9)12(18)16-13(19)15-10/h3-5H,6H2,1-2H3,(H,16,18,19). The first-order chi connectivity index (χ1) is 9.04. The zero-order chi connectivity index (χ0) is 13.6. The summed E-state index contributed by atoms with van der Waals surface area (Å²) in [5.74, 6) is -0.475. The van der Waals surface area contributed by atoms with Crippen LogP contribution < -0.4 is 10.2 Å². The average Bonchev–Trinajstić information content (AvgIpc) is 2.35. The molecule has 0 aromatic heterocycles. The summed E-state index contributed by atoms with van der Waals surface area (Å²) in [5, 5.41) is 2.13. The van der Waals surface area contributed by atoms with Crippen LogP contribution in [0.15, 0.2) is 28.2 Å². The molecule has 0 saturated carbocycles. The number of hydrogen-bond acceptors (Lipinski definition) is 4. The number of nitrogens with zero attached hydrogens (tertiary/aromatic N) is 3. The van der Waals surface area contributed by atoms with Gasteiger partial charge in [-0.15, -0.1) is 0 Å². The fourth-order valence-corrected chi connectivity index (χ4v) is 2.13. The van der Waals surface area contributed by atoms with Crippen LogP contribution in [0.25, 0.3) is 0 Å². The van der Waals surface area contributed by atoms with Crippen molar-refractivity contribution in [3.63, 3.8) is 0 Å². The van der Waals surface area contributed by atoms with Gasteiger partial charge in [0.2, 0.25) is 0 Å². The normalized spacial score (nSPS) is 16.9. The van der Waals surface area contributed by atoms with Crippen molar-refractivity contribution in [3.8, 4) is 0 Å². The zero-order valence-corrected chi connectivity index (χ0v) is 10.6. The molecule has 1 N–H and O–H groups in total. The largest absolute Gasteiger partial charge is 0.378 e. The highest BCUT2D eigenvalue weighted by Gasteiger charge is 2.30. The third-order valence-corrected chi connectivity index (χ3v) is 3.12. The topological polar surface area (TPSA) is 74.1 Å². The third kappa shape index (κ3) is 1.91. The number of imide groups is 1. The fourth-order valence-electron chi connectivity index (χ4n) is 2.13. The number of carbonyl (C=O) groups is 2. The van der Waals surface area contributed by atoms with Crippen LogP contribution in [0.4, 0.5) is 16.2 Å². The van der Waals surface area contributed by atoms with Crippen molar-refractivity contribution in [1.82, 2.24) is 5.32 Å². The number of fused-ring (bicyclic) bond motifs is 2. The van der Waals surface area contributed by atoms with Gasteiger partial charge in [0.05, 0.1) is 11.4 Å². The van der Waals surface area contributed by atoms with Gasteiger partial charge in [0.15, 0.2) is 5.71 Å². The molecule has 2 aliphatic rings. The van der Waals surface area contributed by atoms with Gasteiger partial charge in [0.1, 0.15) is 0 Å². The second-order valence-electron chi connectivity index (χ2n) is 4.66. The van der Waals surface area contributed by atoms with E-state index in [4.69, 9.17) is 0 Å².